The molecule has 0 aliphatic carbocycles. The van der Waals surface area contributed by atoms with Crippen LogP contribution in [-0.4, -0.2) is 52.5 Å². The van der Waals surface area contributed by atoms with Crippen LogP contribution in [0.5, 0.6) is 0 Å². The van der Waals surface area contributed by atoms with E-state index in [-0.39, 0.29) is 19.4 Å². The Morgan fingerprint density at radius 1 is 0.750 bits per heavy atom. The van der Waals surface area contributed by atoms with Crippen LogP contribution in [-0.2, 0) is 38.1 Å². The Labute approximate surface area is 135 Å². The molecule has 10 heteroatoms. The summed E-state index contributed by atoms with van der Waals surface area (Å²) in [4.78, 5) is 46.6. The number of hydrogen-bond donors (Lipinski definition) is 2. The molecule has 0 aromatic rings. The van der Waals surface area contributed by atoms with Gasteiger partial charge in [-0.1, -0.05) is 0 Å². The molecule has 0 unspecified atom stereocenters. The number of cyclic esters (lactones) is 4. The molecule has 0 saturated carbocycles. The van der Waals surface area contributed by atoms with Crippen molar-refractivity contribution in [1.29, 1.82) is 0 Å². The van der Waals surface area contributed by atoms with Crippen molar-refractivity contribution >= 4 is 23.9 Å². The summed E-state index contributed by atoms with van der Waals surface area (Å²) in [6.07, 6.45) is 2.67. The van der Waals surface area contributed by atoms with E-state index >= 15 is 0 Å². The summed E-state index contributed by atoms with van der Waals surface area (Å²) < 4.78 is 19.1. The zero-order chi connectivity index (χ0) is 17.8. The highest BCUT2D eigenvalue weighted by Gasteiger charge is 2.65. The Bertz CT molecular complexity index is 577. The number of hydrogen-bond acceptors (Lipinski definition) is 10. The fraction of sp³-hybridized carbons (Fsp3) is 0.429. The Morgan fingerprint density at radius 2 is 1.17 bits per heavy atom. The minimum atomic E-state index is -3.20. The molecule has 0 amide bonds. The molecule has 0 spiro atoms. The molecular formula is C14H14O10. The highest BCUT2D eigenvalue weighted by Crippen LogP contribution is 2.38. The summed E-state index contributed by atoms with van der Waals surface area (Å²) in [7, 11) is 0. The van der Waals surface area contributed by atoms with E-state index in [9.17, 15) is 24.3 Å². The predicted molar refractivity (Wildman–Crippen MR) is 71.3 cm³/mol. The van der Waals surface area contributed by atoms with E-state index in [2.05, 4.69) is 9.47 Å². The van der Waals surface area contributed by atoms with Crippen LogP contribution < -0.4 is 0 Å². The second-order valence-electron chi connectivity index (χ2n) is 4.87. The van der Waals surface area contributed by atoms with Gasteiger partial charge in [0.25, 0.3) is 0 Å². The zero-order valence-corrected chi connectivity index (χ0v) is 12.3. The lowest BCUT2D eigenvalue weighted by Gasteiger charge is -2.40. The van der Waals surface area contributed by atoms with Gasteiger partial charge < -0.3 is 29.2 Å². The number of esters is 4. The lowest BCUT2D eigenvalue weighted by Crippen LogP contribution is -2.62. The van der Waals surface area contributed by atoms with Crippen molar-refractivity contribution in [1.82, 2.24) is 0 Å². The van der Waals surface area contributed by atoms with Crippen molar-refractivity contribution in [2.75, 3.05) is 6.61 Å². The summed E-state index contributed by atoms with van der Waals surface area (Å²) in [6.45, 7) is -0.240. The smallest absolute Gasteiger partial charge is 0.409 e. The van der Waals surface area contributed by atoms with Gasteiger partial charge in [-0.25, -0.2) is 19.2 Å². The van der Waals surface area contributed by atoms with Crippen molar-refractivity contribution in [2.24, 2.45) is 0 Å². The number of rotatable bonds is 5. The largest absolute Gasteiger partial charge is 0.456 e. The summed E-state index contributed by atoms with van der Waals surface area (Å²) in [5.41, 5.74) is 0. The van der Waals surface area contributed by atoms with Gasteiger partial charge in [0, 0.05) is 37.3 Å². The fourth-order valence-electron chi connectivity index (χ4n) is 2.06. The summed E-state index contributed by atoms with van der Waals surface area (Å²) in [5, 5.41) is 19.4. The van der Waals surface area contributed by atoms with Gasteiger partial charge in [-0.2, -0.15) is 0 Å². The molecule has 0 atom stereocenters. The molecule has 0 aromatic heterocycles. The third kappa shape index (κ3) is 3.60. The molecular weight excluding hydrogens is 328 g/mol. The fourth-order valence-corrected chi connectivity index (χ4v) is 2.06. The van der Waals surface area contributed by atoms with Crippen molar-refractivity contribution < 1.29 is 48.3 Å². The minimum absolute atomic E-state index is 0.0713. The summed E-state index contributed by atoms with van der Waals surface area (Å²) >= 11 is 0. The number of unbranched alkanes of at least 4 members (excludes halogenated alkanes) is 1. The third-order valence-electron chi connectivity index (χ3n) is 3.12. The monoisotopic (exact) mass is 342 g/mol. The number of carbonyl (C=O) groups excluding carboxylic acids is 4. The van der Waals surface area contributed by atoms with Gasteiger partial charge in [-0.05, 0) is 12.8 Å². The molecule has 24 heavy (non-hydrogen) atoms. The summed E-state index contributed by atoms with van der Waals surface area (Å²) in [5.74, 6) is -10.4. The predicted octanol–water partition coefficient (Wildman–Crippen LogP) is -1.20. The van der Waals surface area contributed by atoms with Crippen molar-refractivity contribution in [3.8, 4) is 0 Å². The highest BCUT2D eigenvalue weighted by atomic mass is 16.9. The van der Waals surface area contributed by atoms with Crippen LogP contribution >= 0.6 is 0 Å². The Kier molecular flexibility index (Phi) is 5.00. The molecule has 130 valence electrons. The maximum atomic E-state index is 11.7. The van der Waals surface area contributed by atoms with Crippen molar-refractivity contribution in [3.63, 3.8) is 0 Å². The van der Waals surface area contributed by atoms with E-state index in [1.807, 2.05) is 0 Å². The standard InChI is InChI=1S/C14H14O10/c15-8-2-1-7-13(21-9(16)3-4-10(17)22-13)14(20)23-11(18)5-6-12(19)24-14/h3-6,15,20H,1-2,7-8H2. The lowest BCUT2D eigenvalue weighted by atomic mass is 10.1. The van der Waals surface area contributed by atoms with Gasteiger partial charge in [0.2, 0.25) is 0 Å². The van der Waals surface area contributed by atoms with E-state index in [1.54, 1.807) is 0 Å². The molecule has 2 N–H and O–H groups in total. The summed E-state index contributed by atoms with van der Waals surface area (Å²) in [6, 6.07) is 0. The average molecular weight is 342 g/mol. The zero-order valence-electron chi connectivity index (χ0n) is 12.3. The maximum absolute atomic E-state index is 11.7. The Balaban J connectivity index is 2.43. The first-order valence-electron chi connectivity index (χ1n) is 6.91. The molecule has 2 heterocycles. The molecule has 0 aromatic carbocycles. The number of carbonyl (C=O) groups is 4. The van der Waals surface area contributed by atoms with Crippen LogP contribution in [0.3, 0.4) is 0 Å². The van der Waals surface area contributed by atoms with E-state index in [0.29, 0.717) is 12.2 Å². The number of aliphatic hydroxyl groups is 2. The van der Waals surface area contributed by atoms with Crippen LogP contribution in [0.15, 0.2) is 24.3 Å². The van der Waals surface area contributed by atoms with Gasteiger partial charge in [-0.3, -0.25) is 0 Å². The van der Waals surface area contributed by atoms with E-state index in [4.69, 9.17) is 14.6 Å². The van der Waals surface area contributed by atoms with Crippen LogP contribution in [0, 0.1) is 0 Å². The minimum Gasteiger partial charge on any atom is -0.409 e. The lowest BCUT2D eigenvalue weighted by molar-refractivity contribution is -0.439. The topological polar surface area (TPSA) is 146 Å². The normalized spacial score (nSPS) is 21.9. The van der Waals surface area contributed by atoms with Gasteiger partial charge in [0.1, 0.15) is 0 Å². The van der Waals surface area contributed by atoms with Crippen LogP contribution in [0.25, 0.3) is 0 Å². The Hall–Kier alpha value is -2.72. The SMILES string of the molecule is O=C1C=CC(=O)OC(O)(C2(CCCCO)OC(=O)C=CC(=O)O2)O1. The van der Waals surface area contributed by atoms with Crippen molar-refractivity contribution in [2.45, 2.75) is 31.0 Å². The number of aliphatic hydroxyl groups excluding tert-OH is 1. The molecule has 0 bridgehead atoms. The molecule has 2 aliphatic rings. The maximum Gasteiger partial charge on any atom is 0.456 e. The third-order valence-corrected chi connectivity index (χ3v) is 3.12. The molecule has 10 nitrogen and oxygen atoms in total. The second-order valence-corrected chi connectivity index (χ2v) is 4.87. The first kappa shape index (κ1) is 17.6. The van der Waals surface area contributed by atoms with Gasteiger partial charge in [0.15, 0.2) is 0 Å². The quantitative estimate of drug-likeness (QED) is 0.461. The molecule has 2 aliphatic heterocycles. The Morgan fingerprint density at radius 3 is 1.58 bits per heavy atom. The molecule has 0 saturated heterocycles. The molecule has 2 rings (SSSR count). The van der Waals surface area contributed by atoms with Crippen LogP contribution in [0.2, 0.25) is 0 Å². The van der Waals surface area contributed by atoms with E-state index < -0.39 is 42.1 Å². The van der Waals surface area contributed by atoms with Gasteiger partial charge in [-0.15, -0.1) is 0 Å². The molecule has 0 radical (unpaired) electrons. The van der Waals surface area contributed by atoms with E-state index in [0.717, 1.165) is 12.2 Å². The van der Waals surface area contributed by atoms with Crippen LogP contribution in [0.1, 0.15) is 19.3 Å². The van der Waals surface area contributed by atoms with Crippen molar-refractivity contribution in [3.05, 3.63) is 24.3 Å². The van der Waals surface area contributed by atoms with Gasteiger partial charge >= 0.3 is 35.6 Å². The highest BCUT2D eigenvalue weighted by molar-refractivity contribution is 5.95. The molecule has 0 fully saturated rings. The number of ether oxygens (including phenoxy) is 4. The van der Waals surface area contributed by atoms with Gasteiger partial charge in [0.05, 0.1) is 0 Å². The first-order chi connectivity index (χ1) is 11.3. The second kappa shape index (κ2) is 6.81. The van der Waals surface area contributed by atoms with E-state index in [1.165, 1.54) is 0 Å². The van der Waals surface area contributed by atoms with Crippen LogP contribution in [0.4, 0.5) is 0 Å². The average Bonchev–Trinajstić information content (AvgIpc) is 2.73. The first-order valence-corrected chi connectivity index (χ1v) is 6.91.